The quantitative estimate of drug-likeness (QED) is 0.925. The van der Waals surface area contributed by atoms with Crippen LogP contribution in [0.3, 0.4) is 0 Å². The molecule has 1 aliphatic heterocycles. The Morgan fingerprint density at radius 2 is 2.29 bits per heavy atom. The van der Waals surface area contributed by atoms with Gasteiger partial charge in [0.2, 0.25) is 0 Å². The van der Waals surface area contributed by atoms with Gasteiger partial charge in [0.25, 0.3) is 5.91 Å². The molecule has 0 bridgehead atoms. The number of hydrogen-bond acceptors (Lipinski definition) is 4. The first-order valence-electron chi connectivity index (χ1n) is 8.27. The number of hydrogen-bond donors (Lipinski definition) is 1. The maximum Gasteiger partial charge on any atom is 0.273 e. The largest absolute Gasteiger partial charge is 0.337 e. The third-order valence-electron chi connectivity index (χ3n) is 4.56. The molecule has 3 rings (SSSR count). The number of piperidine rings is 1. The van der Waals surface area contributed by atoms with E-state index in [0.717, 1.165) is 24.4 Å². The van der Waals surface area contributed by atoms with Gasteiger partial charge in [-0.25, -0.2) is 9.37 Å². The number of aromatic nitrogens is 1. The van der Waals surface area contributed by atoms with Crippen LogP contribution in [0.4, 0.5) is 4.39 Å². The molecule has 2 heterocycles. The SMILES string of the molecule is C[C@@H](N)[C@@H]1CCCN(C(=O)c2csc(Cc3ccccc3F)n2)C1. The summed E-state index contributed by atoms with van der Waals surface area (Å²) >= 11 is 1.40. The molecule has 24 heavy (non-hydrogen) atoms. The monoisotopic (exact) mass is 347 g/mol. The predicted molar refractivity (Wildman–Crippen MR) is 93.6 cm³/mol. The van der Waals surface area contributed by atoms with Crippen molar-refractivity contribution >= 4 is 17.2 Å². The van der Waals surface area contributed by atoms with Crippen LogP contribution in [0.15, 0.2) is 29.6 Å². The van der Waals surface area contributed by atoms with Crippen molar-refractivity contribution in [1.29, 1.82) is 0 Å². The zero-order valence-electron chi connectivity index (χ0n) is 13.7. The van der Waals surface area contributed by atoms with Gasteiger partial charge in [0.05, 0.1) is 5.01 Å². The summed E-state index contributed by atoms with van der Waals surface area (Å²) in [5.74, 6) is 0.0620. The van der Waals surface area contributed by atoms with Crippen LogP contribution in [0.25, 0.3) is 0 Å². The van der Waals surface area contributed by atoms with Gasteiger partial charge in [-0.2, -0.15) is 0 Å². The molecule has 0 spiro atoms. The van der Waals surface area contributed by atoms with E-state index in [2.05, 4.69) is 4.98 Å². The Hall–Kier alpha value is -1.79. The molecule has 1 amide bonds. The first kappa shape index (κ1) is 17.0. The van der Waals surface area contributed by atoms with Crippen LogP contribution in [0, 0.1) is 11.7 Å². The number of benzene rings is 1. The third kappa shape index (κ3) is 3.82. The van der Waals surface area contributed by atoms with Crippen molar-refractivity contribution in [3.8, 4) is 0 Å². The van der Waals surface area contributed by atoms with Crippen molar-refractivity contribution in [2.45, 2.75) is 32.2 Å². The molecule has 1 aliphatic rings. The number of thiazole rings is 1. The van der Waals surface area contributed by atoms with Gasteiger partial charge in [-0.3, -0.25) is 4.79 Å². The van der Waals surface area contributed by atoms with Crippen molar-refractivity contribution in [2.24, 2.45) is 11.7 Å². The van der Waals surface area contributed by atoms with Gasteiger partial charge in [-0.05, 0) is 37.3 Å². The molecule has 1 aromatic heterocycles. The van der Waals surface area contributed by atoms with E-state index >= 15 is 0 Å². The molecule has 0 saturated carbocycles. The van der Waals surface area contributed by atoms with Crippen molar-refractivity contribution < 1.29 is 9.18 Å². The van der Waals surface area contributed by atoms with E-state index < -0.39 is 0 Å². The molecule has 2 N–H and O–H groups in total. The minimum absolute atomic E-state index is 0.0450. The summed E-state index contributed by atoms with van der Waals surface area (Å²) in [6.45, 7) is 3.44. The van der Waals surface area contributed by atoms with Gasteiger partial charge in [0.15, 0.2) is 0 Å². The lowest BCUT2D eigenvalue weighted by molar-refractivity contribution is 0.0655. The highest BCUT2D eigenvalue weighted by Crippen LogP contribution is 2.22. The second-order valence-corrected chi connectivity index (χ2v) is 7.35. The number of nitrogens with two attached hydrogens (primary N) is 1. The van der Waals surface area contributed by atoms with E-state index in [1.54, 1.807) is 23.6 Å². The van der Waals surface area contributed by atoms with Crippen LogP contribution >= 0.6 is 11.3 Å². The molecular weight excluding hydrogens is 325 g/mol. The topological polar surface area (TPSA) is 59.2 Å². The summed E-state index contributed by atoms with van der Waals surface area (Å²) < 4.78 is 13.7. The Labute approximate surface area is 145 Å². The molecule has 0 radical (unpaired) electrons. The number of rotatable bonds is 4. The first-order chi connectivity index (χ1) is 11.5. The van der Waals surface area contributed by atoms with Crippen LogP contribution in [-0.4, -0.2) is 34.9 Å². The molecule has 1 aromatic carbocycles. The molecule has 128 valence electrons. The summed E-state index contributed by atoms with van der Waals surface area (Å²) in [4.78, 5) is 18.9. The lowest BCUT2D eigenvalue weighted by Crippen LogP contribution is -2.45. The van der Waals surface area contributed by atoms with Gasteiger partial charge < -0.3 is 10.6 Å². The highest BCUT2D eigenvalue weighted by molar-refractivity contribution is 7.09. The van der Waals surface area contributed by atoms with E-state index in [-0.39, 0.29) is 17.8 Å². The molecular formula is C18H22FN3OS. The Morgan fingerprint density at radius 1 is 1.50 bits per heavy atom. The smallest absolute Gasteiger partial charge is 0.273 e. The van der Waals surface area contributed by atoms with Crippen molar-refractivity contribution in [3.63, 3.8) is 0 Å². The fourth-order valence-electron chi connectivity index (χ4n) is 3.08. The molecule has 2 aromatic rings. The lowest BCUT2D eigenvalue weighted by Gasteiger charge is -2.34. The van der Waals surface area contributed by atoms with Crippen LogP contribution in [-0.2, 0) is 6.42 Å². The van der Waals surface area contributed by atoms with Crippen LogP contribution in [0.5, 0.6) is 0 Å². The van der Waals surface area contributed by atoms with E-state index in [0.29, 0.717) is 30.1 Å². The van der Waals surface area contributed by atoms with Crippen molar-refractivity contribution in [3.05, 3.63) is 51.7 Å². The van der Waals surface area contributed by atoms with Crippen molar-refractivity contribution in [1.82, 2.24) is 9.88 Å². The molecule has 2 atom stereocenters. The molecule has 1 saturated heterocycles. The molecule has 1 fully saturated rings. The Morgan fingerprint density at radius 3 is 3.04 bits per heavy atom. The Bertz CT molecular complexity index is 716. The van der Waals surface area contributed by atoms with Gasteiger partial charge in [-0.1, -0.05) is 18.2 Å². The maximum absolute atomic E-state index is 13.7. The van der Waals surface area contributed by atoms with E-state index in [1.807, 2.05) is 11.8 Å². The Balaban J connectivity index is 1.68. The van der Waals surface area contributed by atoms with Crippen LogP contribution in [0.2, 0.25) is 0 Å². The van der Waals surface area contributed by atoms with Crippen LogP contribution in [0.1, 0.15) is 40.8 Å². The summed E-state index contributed by atoms with van der Waals surface area (Å²) in [5, 5.41) is 2.53. The number of likely N-dealkylation sites (tertiary alicyclic amines) is 1. The standard InChI is InChI=1S/C18H22FN3OS/c1-12(20)14-6-4-8-22(10-14)18(23)16-11-24-17(21-16)9-13-5-2-3-7-15(13)19/h2-3,5,7,11-12,14H,4,6,8-10,20H2,1H3/t12-,14-/m1/s1. The average molecular weight is 347 g/mol. The van der Waals surface area contributed by atoms with Gasteiger partial charge in [-0.15, -0.1) is 11.3 Å². The van der Waals surface area contributed by atoms with E-state index in [1.165, 1.54) is 17.4 Å². The van der Waals surface area contributed by atoms with Gasteiger partial charge >= 0.3 is 0 Å². The number of carbonyl (C=O) groups is 1. The summed E-state index contributed by atoms with van der Waals surface area (Å²) in [5.41, 5.74) is 7.04. The molecule has 4 nitrogen and oxygen atoms in total. The fraction of sp³-hybridized carbons (Fsp3) is 0.444. The number of carbonyl (C=O) groups excluding carboxylic acids is 1. The minimum atomic E-state index is -0.239. The molecule has 0 aliphatic carbocycles. The third-order valence-corrected chi connectivity index (χ3v) is 5.41. The lowest BCUT2D eigenvalue weighted by atomic mass is 9.92. The van der Waals surface area contributed by atoms with Crippen molar-refractivity contribution in [2.75, 3.05) is 13.1 Å². The second kappa shape index (κ2) is 7.40. The van der Waals surface area contributed by atoms with Crippen LogP contribution < -0.4 is 5.73 Å². The van der Waals surface area contributed by atoms with Gasteiger partial charge in [0.1, 0.15) is 11.5 Å². The van der Waals surface area contributed by atoms with E-state index in [4.69, 9.17) is 5.73 Å². The normalized spacial score (nSPS) is 19.3. The maximum atomic E-state index is 13.7. The highest BCUT2D eigenvalue weighted by atomic mass is 32.1. The fourth-order valence-corrected chi connectivity index (χ4v) is 3.87. The molecule has 6 heteroatoms. The molecule has 0 unspecified atom stereocenters. The zero-order valence-corrected chi connectivity index (χ0v) is 14.6. The summed E-state index contributed by atoms with van der Waals surface area (Å²) in [6.07, 6.45) is 2.45. The Kier molecular flexibility index (Phi) is 5.26. The zero-order chi connectivity index (χ0) is 17.1. The summed E-state index contributed by atoms with van der Waals surface area (Å²) in [7, 11) is 0. The minimum Gasteiger partial charge on any atom is -0.337 e. The number of amides is 1. The second-order valence-electron chi connectivity index (χ2n) is 6.41. The predicted octanol–water partition coefficient (Wildman–Crippen LogP) is 3.07. The average Bonchev–Trinajstić information content (AvgIpc) is 3.05. The first-order valence-corrected chi connectivity index (χ1v) is 9.15. The highest BCUT2D eigenvalue weighted by Gasteiger charge is 2.27. The van der Waals surface area contributed by atoms with Gasteiger partial charge in [0, 0.05) is 30.9 Å². The summed E-state index contributed by atoms with van der Waals surface area (Å²) in [6, 6.07) is 6.75. The van der Waals surface area contributed by atoms with E-state index in [9.17, 15) is 9.18 Å². The number of nitrogens with zero attached hydrogens (tertiary/aromatic N) is 2. The number of halogens is 1.